The minimum absolute atomic E-state index is 0.868. The van der Waals surface area contributed by atoms with Gasteiger partial charge in [0.25, 0.3) is 0 Å². The number of rotatable bonds is 5. The van der Waals surface area contributed by atoms with Crippen molar-refractivity contribution < 1.29 is 9.47 Å². The maximum atomic E-state index is 6.95. The summed E-state index contributed by atoms with van der Waals surface area (Å²) < 4.78 is 13.6. The summed E-state index contributed by atoms with van der Waals surface area (Å²) in [5.74, 6) is 3.58. The van der Waals surface area contributed by atoms with Gasteiger partial charge in [-0.05, 0) is 61.3 Å². The molecule has 0 spiro atoms. The summed E-state index contributed by atoms with van der Waals surface area (Å²) in [5, 5.41) is 8.51. The third-order valence-corrected chi connectivity index (χ3v) is 19.3. The summed E-state index contributed by atoms with van der Waals surface area (Å²) in [6, 6.07) is 60.1. The van der Waals surface area contributed by atoms with Crippen molar-refractivity contribution in [3.8, 4) is 34.1 Å². The lowest BCUT2D eigenvalue weighted by molar-refractivity contribution is 0.465. The van der Waals surface area contributed by atoms with E-state index in [-0.39, 0.29) is 0 Å². The quantitative estimate of drug-likeness (QED) is 0.152. The summed E-state index contributed by atoms with van der Waals surface area (Å²) in [7, 11) is -2.81. The van der Waals surface area contributed by atoms with Gasteiger partial charge in [-0.2, -0.15) is 0 Å². The van der Waals surface area contributed by atoms with E-state index in [4.69, 9.17) is 21.3 Å². The molecule has 2 nitrogen and oxygen atoms in total. The minimum atomic E-state index is -2.81. The highest BCUT2D eigenvalue weighted by Crippen LogP contribution is 2.45. The Bertz CT molecular complexity index is 2270. The van der Waals surface area contributed by atoms with E-state index < -0.39 is 14.1 Å². The van der Waals surface area contributed by atoms with Gasteiger partial charge in [-0.25, -0.2) is 0 Å². The van der Waals surface area contributed by atoms with Crippen LogP contribution >= 0.6 is 6.04 Å². The van der Waals surface area contributed by atoms with Crippen molar-refractivity contribution in [2.24, 2.45) is 0 Å². The van der Waals surface area contributed by atoms with Gasteiger partial charge in [-0.15, -0.1) is 0 Å². The van der Waals surface area contributed by atoms with Gasteiger partial charge in [0.15, 0.2) is 8.07 Å². The monoisotopic (exact) mass is 656 g/mol. The first-order valence-corrected chi connectivity index (χ1v) is 20.6. The van der Waals surface area contributed by atoms with Crippen LogP contribution in [0.25, 0.3) is 11.1 Å². The molecule has 1 atom stereocenters. The van der Waals surface area contributed by atoms with Gasteiger partial charge in [0.05, 0.1) is 0 Å². The number of hydrogen-bond acceptors (Lipinski definition) is 3. The Morgan fingerprint density at radius 3 is 1.51 bits per heavy atom. The number of hydrogen-bond donors (Lipinski definition) is 0. The predicted octanol–water partition coefficient (Wildman–Crippen LogP) is 6.70. The molecule has 0 saturated carbocycles. The molecule has 0 aromatic heterocycles. The van der Waals surface area contributed by atoms with Gasteiger partial charge in [0.1, 0.15) is 23.0 Å². The van der Waals surface area contributed by atoms with Crippen molar-refractivity contribution >= 4 is 62.6 Å². The van der Waals surface area contributed by atoms with Crippen molar-refractivity contribution in [3.63, 3.8) is 0 Å². The Labute approximate surface area is 280 Å². The molecule has 0 bridgehead atoms. The molecular weight excluding hydrogens is 628 g/mol. The molecule has 0 N–H and O–H groups in total. The molecule has 1 unspecified atom stereocenters. The maximum Gasteiger partial charge on any atom is 0.197 e. The SMILES string of the molecule is S=P(c1ccccc1)(c1ccccc1)c1ccc(-c2ccc3c4c2Oc2ccccc2[Si]4(c2ccccc2)c2ccccc2O3)cc1. The zero-order valence-corrected chi connectivity index (χ0v) is 28.1. The Kier molecular flexibility index (Phi) is 6.65. The first kappa shape index (κ1) is 28.2. The predicted molar refractivity (Wildman–Crippen MR) is 202 cm³/mol. The number of benzene rings is 7. The zero-order valence-electron chi connectivity index (χ0n) is 25.4. The molecule has 5 heteroatoms. The second-order valence-corrected chi connectivity index (χ2v) is 20.0. The largest absolute Gasteiger partial charge is 0.457 e. The molecule has 47 heavy (non-hydrogen) atoms. The highest BCUT2D eigenvalue weighted by Gasteiger charge is 2.54. The van der Waals surface area contributed by atoms with E-state index >= 15 is 0 Å². The van der Waals surface area contributed by atoms with Crippen molar-refractivity contribution in [2.45, 2.75) is 0 Å². The minimum Gasteiger partial charge on any atom is -0.457 e. The molecule has 0 aliphatic carbocycles. The molecule has 9 rings (SSSR count). The molecule has 2 aliphatic rings. The van der Waals surface area contributed by atoms with E-state index in [9.17, 15) is 0 Å². The van der Waals surface area contributed by atoms with Crippen molar-refractivity contribution in [2.75, 3.05) is 0 Å². The van der Waals surface area contributed by atoms with Gasteiger partial charge in [0, 0.05) is 16.8 Å². The number of para-hydroxylation sites is 2. The van der Waals surface area contributed by atoms with Gasteiger partial charge in [-0.1, -0.05) is 163 Å². The summed E-state index contributed by atoms with van der Waals surface area (Å²) in [6.07, 6.45) is 0. The van der Waals surface area contributed by atoms with Crippen LogP contribution in [0.3, 0.4) is 0 Å². The van der Waals surface area contributed by atoms with Crippen LogP contribution in [0, 0.1) is 0 Å². The lowest BCUT2D eigenvalue weighted by Crippen LogP contribution is -2.77. The first-order chi connectivity index (χ1) is 23.2. The van der Waals surface area contributed by atoms with Crippen LogP contribution in [0.1, 0.15) is 0 Å². The fourth-order valence-corrected chi connectivity index (χ4v) is 16.3. The van der Waals surface area contributed by atoms with Crippen LogP contribution in [-0.4, -0.2) is 8.07 Å². The third kappa shape index (κ3) is 4.19. The average molecular weight is 657 g/mol. The van der Waals surface area contributed by atoms with Crippen molar-refractivity contribution in [1.29, 1.82) is 0 Å². The Hall–Kier alpha value is -4.99. The summed E-state index contributed by atoms with van der Waals surface area (Å²) in [6.45, 7) is 0. The normalized spacial score (nSPS) is 15.7. The standard InChI is InChI=1S/C42H29O2PSSi/c46-45(31-14-4-1-5-15-31,32-16-6-2-7-17-32)33-26-24-30(25-27-33)35-28-29-38-42-41(35)44-37-21-11-13-23-40(37)47(42,34-18-8-3-9-19-34)39-22-12-10-20-36(39)43-38/h1-29H. The average Bonchev–Trinajstić information content (AvgIpc) is 3.15. The van der Waals surface area contributed by atoms with Gasteiger partial charge in [-0.3, -0.25) is 0 Å². The lowest BCUT2D eigenvalue weighted by Gasteiger charge is -2.44. The Morgan fingerprint density at radius 2 is 0.915 bits per heavy atom. The van der Waals surface area contributed by atoms with E-state index in [1.165, 1.54) is 31.4 Å². The molecule has 224 valence electrons. The molecule has 0 fully saturated rings. The molecule has 0 saturated heterocycles. The van der Waals surface area contributed by atoms with Crippen molar-refractivity contribution in [3.05, 3.63) is 176 Å². The first-order valence-electron chi connectivity index (χ1n) is 15.8. The van der Waals surface area contributed by atoms with Crippen LogP contribution in [-0.2, 0) is 11.8 Å². The van der Waals surface area contributed by atoms with Gasteiger partial charge in [0.2, 0.25) is 0 Å². The summed E-state index contributed by atoms with van der Waals surface area (Å²) in [5.41, 5.74) is 2.14. The highest BCUT2D eigenvalue weighted by molar-refractivity contribution is 8.25. The Morgan fingerprint density at radius 1 is 0.426 bits per heavy atom. The molecular formula is C42H29O2PSSi. The van der Waals surface area contributed by atoms with E-state index in [1.807, 2.05) is 0 Å². The molecule has 7 aromatic rings. The number of ether oxygens (including phenoxy) is 2. The van der Waals surface area contributed by atoms with E-state index in [2.05, 4.69) is 176 Å². The van der Waals surface area contributed by atoms with Crippen molar-refractivity contribution in [1.82, 2.24) is 0 Å². The highest BCUT2D eigenvalue weighted by atomic mass is 32.4. The summed E-state index contributed by atoms with van der Waals surface area (Å²) in [4.78, 5) is 0. The second-order valence-electron chi connectivity index (χ2n) is 12.0. The topological polar surface area (TPSA) is 18.5 Å². The maximum absolute atomic E-state index is 6.95. The molecule has 7 aromatic carbocycles. The van der Waals surface area contributed by atoms with E-state index in [1.54, 1.807) is 0 Å². The Balaban J connectivity index is 1.27. The van der Waals surface area contributed by atoms with Crippen LogP contribution in [0.15, 0.2) is 176 Å². The van der Waals surface area contributed by atoms with E-state index in [0.29, 0.717) is 0 Å². The molecule has 0 amide bonds. The van der Waals surface area contributed by atoms with Crippen LogP contribution in [0.4, 0.5) is 0 Å². The number of fused-ring (bicyclic) bond motifs is 4. The summed E-state index contributed by atoms with van der Waals surface area (Å²) >= 11 is 6.64. The molecule has 2 aliphatic heterocycles. The zero-order chi connectivity index (χ0) is 31.4. The molecule has 2 heterocycles. The molecule has 0 radical (unpaired) electrons. The van der Waals surface area contributed by atoms with Crippen LogP contribution < -0.4 is 46.1 Å². The smallest absolute Gasteiger partial charge is 0.197 e. The van der Waals surface area contributed by atoms with Gasteiger partial charge < -0.3 is 9.47 Å². The second kappa shape index (κ2) is 11.1. The fourth-order valence-electron chi connectivity index (χ4n) is 7.43. The van der Waals surface area contributed by atoms with Crippen LogP contribution in [0.2, 0.25) is 0 Å². The fraction of sp³-hybridized carbons (Fsp3) is 0. The third-order valence-electron chi connectivity index (χ3n) is 9.50. The van der Waals surface area contributed by atoms with E-state index in [0.717, 1.165) is 39.4 Å². The van der Waals surface area contributed by atoms with Crippen LogP contribution in [0.5, 0.6) is 23.0 Å². The van der Waals surface area contributed by atoms with Gasteiger partial charge >= 0.3 is 0 Å². The lowest BCUT2D eigenvalue weighted by atomic mass is 10.0.